The summed E-state index contributed by atoms with van der Waals surface area (Å²) >= 11 is 0. The number of aryl methyl sites for hydroxylation is 3. The average Bonchev–Trinajstić information content (AvgIpc) is 2.62. The molecular weight excluding hydrogens is 379 g/mol. The van der Waals surface area contributed by atoms with Gasteiger partial charge in [-0.25, -0.2) is 0 Å². The van der Waals surface area contributed by atoms with Gasteiger partial charge in [-0.05, 0) is 92.1 Å². The maximum Gasteiger partial charge on any atom is 0.530 e. The van der Waals surface area contributed by atoms with Crippen molar-refractivity contribution in [3.8, 4) is 34.5 Å². The first-order valence-corrected chi connectivity index (χ1v) is 9.64. The molecule has 3 aromatic rings. The van der Waals surface area contributed by atoms with E-state index in [9.17, 15) is 15.3 Å². The molecular formula is C21H21O6P. The molecule has 0 fully saturated rings. The molecule has 0 unspecified atom stereocenters. The van der Waals surface area contributed by atoms with E-state index in [0.717, 1.165) is 16.7 Å². The summed E-state index contributed by atoms with van der Waals surface area (Å²) in [6, 6.07) is 14.2. The average molecular weight is 400 g/mol. The lowest BCUT2D eigenvalue weighted by Gasteiger charge is -2.20. The molecule has 0 saturated heterocycles. The molecule has 3 aromatic carbocycles. The van der Waals surface area contributed by atoms with Gasteiger partial charge in [0.1, 0.15) is 34.5 Å². The Morgan fingerprint density at radius 1 is 0.536 bits per heavy atom. The summed E-state index contributed by atoms with van der Waals surface area (Å²) < 4.78 is 17.9. The highest BCUT2D eigenvalue weighted by Gasteiger charge is 2.23. The fourth-order valence-corrected chi connectivity index (χ4v) is 3.71. The number of hydrogen-bond acceptors (Lipinski definition) is 6. The van der Waals surface area contributed by atoms with Crippen molar-refractivity contribution in [2.45, 2.75) is 20.8 Å². The first kappa shape index (κ1) is 19.6. The molecule has 0 aliphatic heterocycles. The monoisotopic (exact) mass is 400 g/mol. The fourth-order valence-electron chi connectivity index (χ4n) is 2.50. The summed E-state index contributed by atoms with van der Waals surface area (Å²) in [5, 5.41) is 28.8. The Bertz CT molecular complexity index is 861. The van der Waals surface area contributed by atoms with Crippen molar-refractivity contribution < 1.29 is 28.9 Å². The van der Waals surface area contributed by atoms with Gasteiger partial charge in [-0.1, -0.05) is 0 Å². The molecule has 0 aliphatic carbocycles. The fraction of sp³-hybridized carbons (Fsp3) is 0.143. The summed E-state index contributed by atoms with van der Waals surface area (Å²) in [7, 11) is -1.91. The molecule has 0 aromatic heterocycles. The molecule has 7 heteroatoms. The van der Waals surface area contributed by atoms with Crippen molar-refractivity contribution in [3.63, 3.8) is 0 Å². The quantitative estimate of drug-likeness (QED) is 0.474. The third-order valence-corrected chi connectivity index (χ3v) is 5.03. The Morgan fingerprint density at radius 3 is 1.07 bits per heavy atom. The minimum Gasteiger partial charge on any atom is -0.508 e. The number of aromatic hydroxyl groups is 3. The van der Waals surface area contributed by atoms with E-state index < -0.39 is 8.60 Å². The second-order valence-corrected chi connectivity index (χ2v) is 7.34. The van der Waals surface area contributed by atoms with Gasteiger partial charge in [0.2, 0.25) is 0 Å². The number of phenols is 3. The summed E-state index contributed by atoms with van der Waals surface area (Å²) in [4.78, 5) is 0. The smallest absolute Gasteiger partial charge is 0.508 e. The van der Waals surface area contributed by atoms with E-state index in [0.29, 0.717) is 17.2 Å². The van der Waals surface area contributed by atoms with E-state index >= 15 is 0 Å². The van der Waals surface area contributed by atoms with Crippen LogP contribution in [0.25, 0.3) is 0 Å². The first-order valence-electron chi connectivity index (χ1n) is 8.55. The van der Waals surface area contributed by atoms with Crippen LogP contribution in [0.1, 0.15) is 16.7 Å². The molecule has 0 atom stereocenters. The lowest BCUT2D eigenvalue weighted by molar-refractivity contribution is 0.382. The number of hydrogen-bond donors (Lipinski definition) is 3. The van der Waals surface area contributed by atoms with Gasteiger partial charge in [0.25, 0.3) is 0 Å². The molecule has 6 nitrogen and oxygen atoms in total. The van der Waals surface area contributed by atoms with Crippen LogP contribution >= 0.6 is 8.60 Å². The van der Waals surface area contributed by atoms with Crippen LogP contribution in [0.3, 0.4) is 0 Å². The Labute approximate surface area is 164 Å². The molecule has 0 bridgehead atoms. The zero-order valence-corrected chi connectivity index (χ0v) is 16.6. The van der Waals surface area contributed by atoms with E-state index in [-0.39, 0.29) is 17.2 Å². The second-order valence-electron chi connectivity index (χ2n) is 6.35. The summed E-state index contributed by atoms with van der Waals surface area (Å²) in [6.45, 7) is 5.42. The third kappa shape index (κ3) is 4.78. The van der Waals surface area contributed by atoms with Crippen LogP contribution in [-0.2, 0) is 0 Å². The first-order chi connectivity index (χ1) is 13.3. The zero-order chi connectivity index (χ0) is 20.3. The summed E-state index contributed by atoms with van der Waals surface area (Å²) in [6.07, 6.45) is 0. The van der Waals surface area contributed by atoms with E-state index in [1.165, 1.54) is 18.2 Å². The second kappa shape index (κ2) is 8.28. The van der Waals surface area contributed by atoms with Crippen LogP contribution in [0.5, 0.6) is 34.5 Å². The van der Waals surface area contributed by atoms with Crippen LogP contribution in [0, 0.1) is 20.8 Å². The lowest BCUT2D eigenvalue weighted by Crippen LogP contribution is -2.04. The third-order valence-electron chi connectivity index (χ3n) is 3.99. The Balaban J connectivity index is 1.90. The molecule has 0 heterocycles. The highest BCUT2D eigenvalue weighted by molar-refractivity contribution is 7.43. The Morgan fingerprint density at radius 2 is 0.821 bits per heavy atom. The predicted octanol–water partition coefficient (Wildman–Crippen LogP) is 5.49. The minimum atomic E-state index is -1.91. The van der Waals surface area contributed by atoms with Crippen LogP contribution in [-0.4, -0.2) is 15.3 Å². The molecule has 0 aliphatic rings. The predicted molar refractivity (Wildman–Crippen MR) is 107 cm³/mol. The van der Waals surface area contributed by atoms with E-state index in [1.807, 2.05) is 0 Å². The van der Waals surface area contributed by atoms with Crippen molar-refractivity contribution in [1.29, 1.82) is 0 Å². The molecule has 0 radical (unpaired) electrons. The van der Waals surface area contributed by atoms with Gasteiger partial charge >= 0.3 is 8.60 Å². The Hall–Kier alpha value is -3.11. The summed E-state index contributed by atoms with van der Waals surface area (Å²) in [5.74, 6) is 1.95. The normalized spacial score (nSPS) is 10.7. The van der Waals surface area contributed by atoms with E-state index in [2.05, 4.69) is 0 Å². The topological polar surface area (TPSA) is 88.4 Å². The zero-order valence-electron chi connectivity index (χ0n) is 15.7. The molecule has 146 valence electrons. The Kier molecular flexibility index (Phi) is 5.81. The van der Waals surface area contributed by atoms with Crippen LogP contribution in [0.4, 0.5) is 0 Å². The van der Waals surface area contributed by atoms with Gasteiger partial charge in [-0.15, -0.1) is 0 Å². The van der Waals surface area contributed by atoms with Gasteiger partial charge in [0, 0.05) is 0 Å². The van der Waals surface area contributed by atoms with Crippen molar-refractivity contribution in [2.24, 2.45) is 0 Å². The highest BCUT2D eigenvalue weighted by Crippen LogP contribution is 2.45. The molecule has 28 heavy (non-hydrogen) atoms. The van der Waals surface area contributed by atoms with Crippen molar-refractivity contribution >= 4 is 8.60 Å². The van der Waals surface area contributed by atoms with Gasteiger partial charge < -0.3 is 28.9 Å². The number of phenolic OH excluding ortho intramolecular Hbond substituents is 3. The molecule has 3 N–H and O–H groups in total. The van der Waals surface area contributed by atoms with Gasteiger partial charge in [-0.3, -0.25) is 0 Å². The van der Waals surface area contributed by atoms with Crippen molar-refractivity contribution in [1.82, 2.24) is 0 Å². The van der Waals surface area contributed by atoms with Gasteiger partial charge in [-0.2, -0.15) is 0 Å². The molecule has 0 amide bonds. The number of benzene rings is 3. The lowest BCUT2D eigenvalue weighted by atomic mass is 10.2. The molecule has 0 saturated carbocycles. The van der Waals surface area contributed by atoms with Crippen molar-refractivity contribution in [3.05, 3.63) is 71.3 Å². The van der Waals surface area contributed by atoms with Crippen LogP contribution in [0.2, 0.25) is 0 Å². The SMILES string of the molecule is Cc1cc(O)ccc1OP(Oc1ccc(O)cc1C)Oc1ccc(O)cc1C. The van der Waals surface area contributed by atoms with E-state index in [4.69, 9.17) is 13.6 Å². The molecule has 3 rings (SSSR count). The van der Waals surface area contributed by atoms with Gasteiger partial charge in [0.15, 0.2) is 0 Å². The van der Waals surface area contributed by atoms with Crippen LogP contribution < -0.4 is 13.6 Å². The number of rotatable bonds is 6. The van der Waals surface area contributed by atoms with Gasteiger partial charge in [0.05, 0.1) is 0 Å². The maximum absolute atomic E-state index is 9.61. The standard InChI is InChI=1S/C21H21O6P/c1-13-10-16(22)4-7-19(13)25-28(26-20-8-5-17(23)11-14(20)2)27-21-9-6-18(24)12-15(21)3/h4-12,22-24H,1-3H3. The highest BCUT2D eigenvalue weighted by atomic mass is 31.2. The summed E-state index contributed by atoms with van der Waals surface area (Å²) in [5.41, 5.74) is 2.18. The largest absolute Gasteiger partial charge is 0.530 e. The van der Waals surface area contributed by atoms with Crippen molar-refractivity contribution in [2.75, 3.05) is 0 Å². The van der Waals surface area contributed by atoms with E-state index in [1.54, 1.807) is 57.2 Å². The van der Waals surface area contributed by atoms with Crippen LogP contribution in [0.15, 0.2) is 54.6 Å². The maximum atomic E-state index is 9.61. The minimum absolute atomic E-state index is 0.139. The molecule has 0 spiro atoms.